The van der Waals surface area contributed by atoms with Gasteiger partial charge in [-0.1, -0.05) is 25.3 Å². The first kappa shape index (κ1) is 28.4. The second-order valence-electron chi connectivity index (χ2n) is 11.6. The van der Waals surface area contributed by atoms with Crippen molar-refractivity contribution in [1.82, 2.24) is 19.9 Å². The Morgan fingerprint density at radius 1 is 0.953 bits per heavy atom. The molecular formula is C34H34N4O5. The second-order valence-corrected chi connectivity index (χ2v) is 11.6. The maximum absolute atomic E-state index is 12.5. The van der Waals surface area contributed by atoms with Gasteiger partial charge in [0.1, 0.15) is 5.60 Å². The highest BCUT2D eigenvalue weighted by molar-refractivity contribution is 5.94. The Kier molecular flexibility index (Phi) is 6.54. The average Bonchev–Trinajstić information content (AvgIpc) is 3.69. The molecule has 0 aromatic carbocycles. The molecule has 1 fully saturated rings. The molecule has 3 aromatic heterocycles. The third-order valence-electron chi connectivity index (χ3n) is 9.15. The van der Waals surface area contributed by atoms with Crippen molar-refractivity contribution in [2.75, 3.05) is 0 Å². The fourth-order valence-electron chi connectivity index (χ4n) is 6.54. The zero-order valence-electron chi connectivity index (χ0n) is 24.7. The van der Waals surface area contributed by atoms with Crippen LogP contribution in [0.1, 0.15) is 84.6 Å². The summed E-state index contributed by atoms with van der Waals surface area (Å²) in [5.74, 6) is -1.34. The number of hydrogen-bond donors (Lipinski definition) is 4. The molecule has 1 saturated heterocycles. The lowest BCUT2D eigenvalue weighted by Gasteiger charge is -2.34. The van der Waals surface area contributed by atoms with Crippen molar-refractivity contribution in [3.63, 3.8) is 0 Å². The van der Waals surface area contributed by atoms with E-state index in [2.05, 4.69) is 23.1 Å². The molecule has 4 N–H and O–H groups in total. The predicted molar refractivity (Wildman–Crippen MR) is 167 cm³/mol. The van der Waals surface area contributed by atoms with Gasteiger partial charge in [0, 0.05) is 52.5 Å². The Morgan fingerprint density at radius 3 is 2.16 bits per heavy atom. The number of H-pyrrole nitrogens is 2. The number of allylic oxidation sites excluding steroid dienone is 2. The van der Waals surface area contributed by atoms with Crippen molar-refractivity contribution >= 4 is 57.3 Å². The number of rotatable bonds is 5. The van der Waals surface area contributed by atoms with Crippen LogP contribution in [-0.4, -0.2) is 42.1 Å². The Bertz CT molecular complexity index is 1960. The molecule has 0 amide bonds. The lowest BCUT2D eigenvalue weighted by molar-refractivity contribution is -0.179. The number of carboxylic acids is 1. The molecule has 9 nitrogen and oxygen atoms in total. The molecule has 3 aliphatic heterocycles. The predicted octanol–water partition coefficient (Wildman–Crippen LogP) is 6.45. The van der Waals surface area contributed by atoms with Gasteiger partial charge in [-0.3, -0.25) is 14.6 Å². The van der Waals surface area contributed by atoms with Crippen LogP contribution in [-0.2, 0) is 25.5 Å². The fraction of sp³-hybridized carbons (Fsp3) is 0.294. The third kappa shape index (κ3) is 4.26. The van der Waals surface area contributed by atoms with Crippen molar-refractivity contribution in [2.24, 2.45) is 0 Å². The third-order valence-corrected chi connectivity index (χ3v) is 9.15. The summed E-state index contributed by atoms with van der Waals surface area (Å²) in [4.78, 5) is 40.9. The smallest absolute Gasteiger partial charge is 0.307 e. The molecule has 43 heavy (non-hydrogen) atoms. The summed E-state index contributed by atoms with van der Waals surface area (Å²) in [6.07, 6.45) is 4.11. The van der Waals surface area contributed by atoms with Gasteiger partial charge < -0.3 is 24.9 Å². The van der Waals surface area contributed by atoms with Gasteiger partial charge in [-0.05, 0) is 80.7 Å². The van der Waals surface area contributed by atoms with E-state index in [1.807, 2.05) is 39.0 Å². The molecule has 9 heteroatoms. The monoisotopic (exact) mass is 578 g/mol. The summed E-state index contributed by atoms with van der Waals surface area (Å²) in [6.45, 7) is 15.6. The minimum absolute atomic E-state index is 0.0812. The first-order chi connectivity index (χ1) is 20.4. The number of esters is 1. The van der Waals surface area contributed by atoms with Crippen molar-refractivity contribution in [1.29, 1.82) is 0 Å². The molecule has 0 saturated carbocycles. The Labute approximate surface area is 248 Å². The molecule has 0 aliphatic carbocycles. The van der Waals surface area contributed by atoms with Gasteiger partial charge in [-0.25, -0.2) is 4.98 Å². The van der Waals surface area contributed by atoms with Crippen LogP contribution in [0.5, 0.6) is 0 Å². The van der Waals surface area contributed by atoms with E-state index in [1.54, 1.807) is 25.1 Å². The molecule has 1 spiro atoms. The van der Waals surface area contributed by atoms with Gasteiger partial charge in [-0.2, -0.15) is 0 Å². The first-order valence-electron chi connectivity index (χ1n) is 14.3. The van der Waals surface area contributed by atoms with Crippen molar-refractivity contribution in [3.8, 4) is 0 Å². The number of aliphatic hydroxyl groups is 1. The quantitative estimate of drug-likeness (QED) is 0.255. The van der Waals surface area contributed by atoms with Crippen molar-refractivity contribution in [3.05, 3.63) is 82.5 Å². The number of nitrogens with one attached hydrogen (secondary N) is 2. The first-order valence-corrected chi connectivity index (χ1v) is 14.3. The second kappa shape index (κ2) is 9.91. The molecule has 6 heterocycles. The van der Waals surface area contributed by atoms with Crippen LogP contribution >= 0.6 is 0 Å². The number of carbonyl (C=O) groups is 2. The van der Waals surface area contributed by atoms with E-state index in [4.69, 9.17) is 14.7 Å². The molecular weight excluding hydrogens is 544 g/mol. The number of carboxylic acid groups (broad SMARTS) is 1. The number of hydrogen-bond acceptors (Lipinski definition) is 6. The van der Waals surface area contributed by atoms with Crippen LogP contribution in [0.15, 0.2) is 37.4 Å². The van der Waals surface area contributed by atoms with Gasteiger partial charge in [0.15, 0.2) is 5.60 Å². The normalized spacial score (nSPS) is 21.4. The van der Waals surface area contributed by atoms with Gasteiger partial charge in [0.25, 0.3) is 0 Å². The lowest BCUT2D eigenvalue weighted by atomic mass is 9.79. The highest BCUT2D eigenvalue weighted by Gasteiger charge is 2.61. The molecule has 3 aliphatic rings. The van der Waals surface area contributed by atoms with E-state index in [0.29, 0.717) is 28.3 Å². The number of aryl methyl sites for hydroxylation is 2. The van der Waals surface area contributed by atoms with E-state index >= 15 is 0 Å². The fourth-order valence-corrected chi connectivity index (χ4v) is 6.54. The molecule has 3 aromatic rings. The highest BCUT2D eigenvalue weighted by atomic mass is 16.6. The van der Waals surface area contributed by atoms with Crippen molar-refractivity contribution < 1.29 is 24.5 Å². The lowest BCUT2D eigenvalue weighted by Crippen LogP contribution is -2.43. The number of ether oxygens (including phenoxy) is 1. The summed E-state index contributed by atoms with van der Waals surface area (Å²) in [7, 11) is 0. The summed E-state index contributed by atoms with van der Waals surface area (Å²) in [6, 6.07) is 7.48. The Hall–Kier alpha value is -4.76. The number of nitrogens with zero attached hydrogens (tertiary/aromatic N) is 2. The maximum Gasteiger partial charge on any atom is 0.307 e. The van der Waals surface area contributed by atoms with Crippen LogP contribution in [0.2, 0.25) is 0 Å². The zero-order valence-corrected chi connectivity index (χ0v) is 24.7. The van der Waals surface area contributed by atoms with Gasteiger partial charge >= 0.3 is 11.9 Å². The van der Waals surface area contributed by atoms with Gasteiger partial charge in [0.2, 0.25) is 0 Å². The Morgan fingerprint density at radius 2 is 1.58 bits per heavy atom. The summed E-state index contributed by atoms with van der Waals surface area (Å²) >= 11 is 0. The van der Waals surface area contributed by atoms with E-state index in [-0.39, 0.29) is 25.7 Å². The minimum Gasteiger partial charge on any atom is -0.481 e. The number of fused-ring (bicyclic) bond motifs is 9. The van der Waals surface area contributed by atoms with E-state index in [9.17, 15) is 19.8 Å². The average molecular weight is 579 g/mol. The van der Waals surface area contributed by atoms with Crippen LogP contribution in [0.4, 0.5) is 0 Å². The SMILES string of the molecule is C=Cc1c(C)c2cc3[nH]c(cc4nc(cc5nc(cc1[nH]2)[C@](C)(O)[C@@]51CCC(=O)O1)C(CCC(=O)O)=C4C)c(C)c3C=C. The van der Waals surface area contributed by atoms with Crippen molar-refractivity contribution in [2.45, 2.75) is 64.6 Å². The number of carbonyl (C=O) groups excluding carboxylic acids is 1. The maximum atomic E-state index is 12.5. The summed E-state index contributed by atoms with van der Waals surface area (Å²) in [5.41, 5.74) is 7.45. The molecule has 8 bridgehead atoms. The number of aliphatic carboxylic acids is 1. The number of aromatic amines is 2. The molecule has 0 radical (unpaired) electrons. The minimum atomic E-state index is -1.65. The molecule has 0 unspecified atom stereocenters. The van der Waals surface area contributed by atoms with Crippen LogP contribution < -0.4 is 0 Å². The Balaban J connectivity index is 1.79. The highest BCUT2D eigenvalue weighted by Crippen LogP contribution is 2.53. The molecule has 6 rings (SSSR count). The van der Waals surface area contributed by atoms with E-state index < -0.39 is 23.1 Å². The largest absolute Gasteiger partial charge is 0.481 e. The summed E-state index contributed by atoms with van der Waals surface area (Å²) < 4.78 is 5.90. The number of aromatic nitrogens is 4. The zero-order chi connectivity index (χ0) is 30.8. The van der Waals surface area contributed by atoms with Gasteiger partial charge in [-0.15, -0.1) is 0 Å². The van der Waals surface area contributed by atoms with Crippen LogP contribution in [0, 0.1) is 13.8 Å². The van der Waals surface area contributed by atoms with E-state index in [1.165, 1.54) is 0 Å². The molecule has 220 valence electrons. The summed E-state index contributed by atoms with van der Waals surface area (Å²) in [5, 5.41) is 21.5. The topological polar surface area (TPSA) is 141 Å². The van der Waals surface area contributed by atoms with E-state index in [0.717, 1.165) is 50.0 Å². The van der Waals surface area contributed by atoms with Crippen LogP contribution in [0.3, 0.4) is 0 Å². The standard InChI is InChI=1S/C34H34N4O5/c1-7-20-17(3)23-13-24-19(5)22(9-10-31(39)40)28(37-24)16-30-34(12-11-32(41)43-34)33(6,42)29(38-30)15-27-21(8-2)18(4)25(36-27)14-26(20)35-23/h7-8,13-16,35-36,42H,1-2,9-12H2,3-6H3,(H,39,40)/t33-,34+/m0/s1. The molecule has 2 atom stereocenters. The van der Waals surface area contributed by atoms with Crippen LogP contribution in [0.25, 0.3) is 45.4 Å². The van der Waals surface area contributed by atoms with Gasteiger partial charge in [0.05, 0.1) is 22.8 Å².